The van der Waals surface area contributed by atoms with Gasteiger partial charge in [0.05, 0.1) is 0 Å². The summed E-state index contributed by atoms with van der Waals surface area (Å²) < 4.78 is 0. The van der Waals surface area contributed by atoms with Gasteiger partial charge in [-0.15, -0.1) is 0 Å². The van der Waals surface area contributed by atoms with Crippen molar-refractivity contribution in [1.82, 2.24) is 14.9 Å². The van der Waals surface area contributed by atoms with Crippen molar-refractivity contribution in [3.63, 3.8) is 0 Å². The molecule has 0 saturated carbocycles. The van der Waals surface area contributed by atoms with Gasteiger partial charge in [-0.1, -0.05) is 13.3 Å². The first-order valence-electron chi connectivity index (χ1n) is 7.80. The number of nitrogens with two attached hydrogens (primary N) is 1. The predicted octanol–water partition coefficient (Wildman–Crippen LogP) is 2.22. The number of hydrogen-bond donors (Lipinski definition) is 2. The summed E-state index contributed by atoms with van der Waals surface area (Å²) in [5, 5.41) is 3.43. The molecule has 0 aromatic carbocycles. The molecule has 5 nitrogen and oxygen atoms in total. The average Bonchev–Trinajstić information content (AvgIpc) is 2.45. The number of piperidine rings is 1. The Morgan fingerprint density at radius 1 is 1.20 bits per heavy atom. The van der Waals surface area contributed by atoms with Crippen LogP contribution in [0.25, 0.3) is 0 Å². The smallest absolute Gasteiger partial charge is 0.134 e. The fourth-order valence-electron chi connectivity index (χ4n) is 2.61. The summed E-state index contributed by atoms with van der Waals surface area (Å²) in [6.07, 6.45) is 5.97. The molecule has 1 aromatic heterocycles. The lowest BCUT2D eigenvalue weighted by atomic mass is 10.1. The number of nitrogens with zero attached hydrogens (tertiary/aromatic N) is 3. The highest BCUT2D eigenvalue weighted by Crippen LogP contribution is 2.17. The van der Waals surface area contributed by atoms with Crippen molar-refractivity contribution in [3.8, 4) is 0 Å². The third kappa shape index (κ3) is 4.07. The lowest BCUT2D eigenvalue weighted by molar-refractivity contribution is 0.237. The monoisotopic (exact) mass is 277 g/mol. The largest absolute Gasteiger partial charge is 0.383 e. The zero-order valence-corrected chi connectivity index (χ0v) is 12.8. The van der Waals surface area contributed by atoms with Crippen LogP contribution in [0.4, 0.5) is 11.6 Å². The third-order valence-electron chi connectivity index (χ3n) is 3.87. The van der Waals surface area contributed by atoms with E-state index in [1.165, 1.54) is 32.4 Å². The van der Waals surface area contributed by atoms with Gasteiger partial charge in [0.2, 0.25) is 0 Å². The molecular weight excluding hydrogens is 250 g/mol. The summed E-state index contributed by atoms with van der Waals surface area (Å²) in [6.45, 7) is 8.56. The molecule has 0 radical (unpaired) electrons. The van der Waals surface area contributed by atoms with Gasteiger partial charge in [0.1, 0.15) is 17.5 Å². The van der Waals surface area contributed by atoms with Gasteiger partial charge in [0.15, 0.2) is 0 Å². The highest BCUT2D eigenvalue weighted by Gasteiger charge is 2.11. The van der Waals surface area contributed by atoms with Gasteiger partial charge < -0.3 is 16.0 Å². The second-order valence-corrected chi connectivity index (χ2v) is 5.58. The number of nitrogen functional groups attached to an aromatic ring is 1. The van der Waals surface area contributed by atoms with Crippen LogP contribution in [0, 0.1) is 6.92 Å². The van der Waals surface area contributed by atoms with E-state index >= 15 is 0 Å². The minimum absolute atomic E-state index is 0.601. The minimum Gasteiger partial charge on any atom is -0.383 e. The molecule has 2 heterocycles. The maximum absolute atomic E-state index is 5.96. The molecule has 0 unspecified atom stereocenters. The molecule has 1 fully saturated rings. The lowest BCUT2D eigenvalue weighted by Crippen LogP contribution is -2.34. The molecule has 1 saturated heterocycles. The molecule has 1 aliphatic heterocycles. The Morgan fingerprint density at radius 3 is 2.65 bits per heavy atom. The Kier molecular flexibility index (Phi) is 5.59. The number of hydrogen-bond acceptors (Lipinski definition) is 5. The summed E-state index contributed by atoms with van der Waals surface area (Å²) in [4.78, 5) is 11.4. The molecule has 0 amide bonds. The number of likely N-dealkylation sites (tertiary alicyclic amines) is 1. The van der Waals surface area contributed by atoms with Gasteiger partial charge in [-0.2, -0.15) is 0 Å². The van der Waals surface area contributed by atoms with E-state index in [0.717, 1.165) is 43.1 Å². The van der Waals surface area contributed by atoms with Gasteiger partial charge in [0, 0.05) is 25.1 Å². The van der Waals surface area contributed by atoms with E-state index in [1.807, 2.05) is 6.92 Å². The van der Waals surface area contributed by atoms with Crippen molar-refractivity contribution in [2.45, 2.75) is 46.0 Å². The highest BCUT2D eigenvalue weighted by molar-refractivity contribution is 5.54. The first-order valence-corrected chi connectivity index (χ1v) is 7.80. The molecule has 0 atom stereocenters. The zero-order valence-electron chi connectivity index (χ0n) is 12.8. The van der Waals surface area contributed by atoms with Crippen molar-refractivity contribution in [3.05, 3.63) is 11.4 Å². The van der Waals surface area contributed by atoms with Crippen LogP contribution in [-0.2, 0) is 6.42 Å². The van der Waals surface area contributed by atoms with Crippen molar-refractivity contribution in [2.24, 2.45) is 0 Å². The van der Waals surface area contributed by atoms with E-state index in [-0.39, 0.29) is 0 Å². The number of nitrogens with one attached hydrogen (secondary N) is 1. The zero-order chi connectivity index (χ0) is 14.4. The first kappa shape index (κ1) is 15.0. The average molecular weight is 277 g/mol. The van der Waals surface area contributed by atoms with Crippen LogP contribution >= 0.6 is 0 Å². The minimum atomic E-state index is 0.601. The fraction of sp³-hybridized carbons (Fsp3) is 0.733. The van der Waals surface area contributed by atoms with Crippen LogP contribution in [0.2, 0.25) is 0 Å². The number of aryl methyl sites for hydroxylation is 1. The van der Waals surface area contributed by atoms with E-state index in [4.69, 9.17) is 5.73 Å². The summed E-state index contributed by atoms with van der Waals surface area (Å²) in [5.41, 5.74) is 6.93. The maximum Gasteiger partial charge on any atom is 0.134 e. The van der Waals surface area contributed by atoms with Gasteiger partial charge in [-0.3, -0.25) is 0 Å². The van der Waals surface area contributed by atoms with Crippen LogP contribution in [0.1, 0.15) is 44.0 Å². The molecule has 0 bridgehead atoms. The quantitative estimate of drug-likeness (QED) is 0.834. The number of aromatic nitrogens is 2. The van der Waals surface area contributed by atoms with E-state index < -0.39 is 0 Å². The first-order chi connectivity index (χ1) is 9.70. The molecule has 5 heteroatoms. The Bertz CT molecular complexity index is 427. The molecule has 112 valence electrons. The van der Waals surface area contributed by atoms with Gasteiger partial charge in [0.25, 0.3) is 0 Å². The highest BCUT2D eigenvalue weighted by atomic mass is 15.2. The summed E-state index contributed by atoms with van der Waals surface area (Å²) >= 11 is 0. The standard InChI is InChI=1S/C15H27N5/c1-3-7-13-18-14(16)12(2)15(19-13)17-8-11-20-9-5-4-6-10-20/h3-11H2,1-2H3,(H3,16,17,18,19). The van der Waals surface area contributed by atoms with Crippen LogP contribution in [0.3, 0.4) is 0 Å². The summed E-state index contributed by atoms with van der Waals surface area (Å²) in [5.74, 6) is 2.35. The van der Waals surface area contributed by atoms with E-state index in [0.29, 0.717) is 5.82 Å². The molecule has 1 aromatic rings. The Morgan fingerprint density at radius 2 is 1.95 bits per heavy atom. The second-order valence-electron chi connectivity index (χ2n) is 5.58. The van der Waals surface area contributed by atoms with E-state index in [9.17, 15) is 0 Å². The lowest BCUT2D eigenvalue weighted by Gasteiger charge is -2.26. The normalized spacial score (nSPS) is 16.3. The molecular formula is C15H27N5. The summed E-state index contributed by atoms with van der Waals surface area (Å²) in [7, 11) is 0. The van der Waals surface area contributed by atoms with E-state index in [1.54, 1.807) is 0 Å². The van der Waals surface area contributed by atoms with Crippen molar-refractivity contribution in [2.75, 3.05) is 37.2 Å². The van der Waals surface area contributed by atoms with Gasteiger partial charge in [-0.25, -0.2) is 9.97 Å². The fourth-order valence-corrected chi connectivity index (χ4v) is 2.61. The third-order valence-corrected chi connectivity index (χ3v) is 3.87. The van der Waals surface area contributed by atoms with Crippen LogP contribution in [0.15, 0.2) is 0 Å². The second kappa shape index (κ2) is 7.43. The van der Waals surface area contributed by atoms with Crippen molar-refractivity contribution in [1.29, 1.82) is 0 Å². The van der Waals surface area contributed by atoms with Crippen molar-refractivity contribution < 1.29 is 0 Å². The molecule has 3 N–H and O–H groups in total. The van der Waals surface area contributed by atoms with Crippen molar-refractivity contribution >= 4 is 11.6 Å². The molecule has 1 aliphatic rings. The van der Waals surface area contributed by atoms with Gasteiger partial charge >= 0.3 is 0 Å². The Labute approximate surface area is 122 Å². The van der Waals surface area contributed by atoms with Crippen LogP contribution < -0.4 is 11.1 Å². The van der Waals surface area contributed by atoms with E-state index in [2.05, 4.69) is 27.1 Å². The number of rotatable bonds is 6. The maximum atomic E-state index is 5.96. The molecule has 2 rings (SSSR count). The Balaban J connectivity index is 1.90. The molecule has 0 spiro atoms. The molecule has 0 aliphatic carbocycles. The SMILES string of the molecule is CCCc1nc(N)c(C)c(NCCN2CCCCC2)n1. The van der Waals surface area contributed by atoms with Crippen LogP contribution in [0.5, 0.6) is 0 Å². The Hall–Kier alpha value is -1.36. The van der Waals surface area contributed by atoms with Crippen LogP contribution in [-0.4, -0.2) is 41.0 Å². The van der Waals surface area contributed by atoms with Gasteiger partial charge in [-0.05, 0) is 39.3 Å². The molecule has 20 heavy (non-hydrogen) atoms. The topological polar surface area (TPSA) is 67.1 Å². The predicted molar refractivity (Wildman–Crippen MR) is 84.0 cm³/mol. The number of anilines is 2. The summed E-state index contributed by atoms with van der Waals surface area (Å²) in [6, 6.07) is 0.